The van der Waals surface area contributed by atoms with Crippen LogP contribution in [0.25, 0.3) is 0 Å². The van der Waals surface area contributed by atoms with Gasteiger partial charge in [0.05, 0.1) is 35.8 Å². The smallest absolute Gasteiger partial charge is 0.333 e. The third-order valence-electron chi connectivity index (χ3n) is 10.3. The van der Waals surface area contributed by atoms with Crippen LogP contribution in [0.5, 0.6) is 0 Å². The number of aryl methyl sites for hydroxylation is 3. The van der Waals surface area contributed by atoms with E-state index in [1.807, 2.05) is 6.07 Å². The van der Waals surface area contributed by atoms with E-state index in [1.165, 1.54) is 23.3 Å². The molecule has 2 aliphatic heterocycles. The molecule has 0 radical (unpaired) electrons. The van der Waals surface area contributed by atoms with Gasteiger partial charge in [-0.1, -0.05) is 24.3 Å². The number of benzene rings is 3. The van der Waals surface area contributed by atoms with Crippen LogP contribution >= 0.6 is 0 Å². The van der Waals surface area contributed by atoms with Gasteiger partial charge in [-0.3, -0.25) is 29.4 Å². The molecule has 15 heteroatoms. The topological polar surface area (TPSA) is 189 Å². The van der Waals surface area contributed by atoms with E-state index in [1.54, 1.807) is 24.3 Å². The van der Waals surface area contributed by atoms with Crippen LogP contribution in [0.4, 0.5) is 16.2 Å². The maximum Gasteiger partial charge on any atom is 0.333 e. The van der Waals surface area contributed by atoms with Crippen LogP contribution in [0.1, 0.15) is 80.6 Å². The molecule has 0 saturated carbocycles. The Morgan fingerprint density at radius 1 is 0.833 bits per heavy atom. The standard InChI is InChI=1S/C39H43N5O9S/c45-33-16-15-32(36(46)41-33)44-37(47)30-13-4-14-31(34(30)38(44)48)40-17-19-53-21-20-52-18-5-7-24-6-1-10-27(22-24)54(50,51)43-39(49)42-35-28-11-2-8-25(28)23-26-9-3-12-29(26)35/h1,4,6,10,13-14,22-23,32,40H,2-3,5,7-9,11-12,15-21H2,(H,41,45,46)(H2,42,43,49). The maximum atomic E-state index is 13.2. The maximum absolute atomic E-state index is 13.2. The number of hydrogen-bond donors (Lipinski definition) is 4. The molecular formula is C39H43N5O9S. The molecule has 14 nitrogen and oxygen atoms in total. The first-order valence-electron chi connectivity index (χ1n) is 18.4. The molecule has 0 aromatic heterocycles. The number of rotatable bonds is 15. The molecule has 1 unspecified atom stereocenters. The lowest BCUT2D eigenvalue weighted by atomic mass is 9.99. The molecule has 1 fully saturated rings. The zero-order chi connectivity index (χ0) is 37.8. The minimum absolute atomic E-state index is 0.0182. The Hall–Kier alpha value is -5.12. The van der Waals surface area contributed by atoms with Crippen molar-refractivity contribution in [1.82, 2.24) is 14.9 Å². The van der Waals surface area contributed by atoms with E-state index in [0.29, 0.717) is 51.5 Å². The van der Waals surface area contributed by atoms with Gasteiger partial charge in [0.2, 0.25) is 11.8 Å². The summed E-state index contributed by atoms with van der Waals surface area (Å²) in [6.45, 7) is 1.75. The van der Waals surface area contributed by atoms with E-state index in [9.17, 15) is 32.4 Å². The summed E-state index contributed by atoms with van der Waals surface area (Å²) in [5.41, 5.74) is 7.19. The number of fused-ring (bicyclic) bond motifs is 3. The van der Waals surface area contributed by atoms with Crippen LogP contribution in [0.15, 0.2) is 53.4 Å². The first-order chi connectivity index (χ1) is 26.1. The largest absolute Gasteiger partial charge is 0.382 e. The van der Waals surface area contributed by atoms with Gasteiger partial charge in [0.1, 0.15) is 6.04 Å². The molecular weight excluding hydrogens is 715 g/mol. The molecule has 1 saturated heterocycles. The molecule has 4 N–H and O–H groups in total. The van der Waals surface area contributed by atoms with Crippen molar-refractivity contribution in [2.45, 2.75) is 75.1 Å². The fraction of sp³-hybridized carbons (Fsp3) is 0.410. The lowest BCUT2D eigenvalue weighted by molar-refractivity contribution is -0.136. The number of carbonyl (C=O) groups is 5. The summed E-state index contributed by atoms with van der Waals surface area (Å²) in [6.07, 6.45) is 7.13. The Balaban J connectivity index is 0.807. The fourth-order valence-electron chi connectivity index (χ4n) is 7.78. The molecule has 2 aliphatic carbocycles. The summed E-state index contributed by atoms with van der Waals surface area (Å²) < 4.78 is 39.9. The lowest BCUT2D eigenvalue weighted by Gasteiger charge is -2.27. The van der Waals surface area contributed by atoms with Crippen molar-refractivity contribution in [3.8, 4) is 0 Å². The van der Waals surface area contributed by atoms with Gasteiger partial charge in [-0.25, -0.2) is 17.9 Å². The van der Waals surface area contributed by atoms with Crippen LogP contribution in [-0.4, -0.2) is 82.0 Å². The Labute approximate surface area is 313 Å². The van der Waals surface area contributed by atoms with E-state index in [2.05, 4.69) is 26.7 Å². The van der Waals surface area contributed by atoms with Crippen molar-refractivity contribution in [3.05, 3.63) is 87.5 Å². The van der Waals surface area contributed by atoms with E-state index < -0.39 is 45.7 Å². The summed E-state index contributed by atoms with van der Waals surface area (Å²) in [6, 6.07) is 11.9. The summed E-state index contributed by atoms with van der Waals surface area (Å²) >= 11 is 0. The number of amides is 6. The lowest BCUT2D eigenvalue weighted by Crippen LogP contribution is -2.54. The number of urea groups is 1. The van der Waals surface area contributed by atoms with E-state index >= 15 is 0 Å². The number of imide groups is 2. The molecule has 0 bridgehead atoms. The number of anilines is 2. The first kappa shape index (κ1) is 37.2. The highest BCUT2D eigenvalue weighted by atomic mass is 32.2. The van der Waals surface area contributed by atoms with Gasteiger partial charge >= 0.3 is 6.03 Å². The average molecular weight is 758 g/mol. The fourth-order valence-corrected chi connectivity index (χ4v) is 8.75. The number of carbonyl (C=O) groups excluding carboxylic acids is 5. The molecule has 7 rings (SSSR count). The minimum Gasteiger partial charge on any atom is -0.382 e. The minimum atomic E-state index is -4.09. The van der Waals surface area contributed by atoms with Gasteiger partial charge in [0, 0.05) is 30.9 Å². The van der Waals surface area contributed by atoms with Gasteiger partial charge < -0.3 is 20.1 Å². The molecule has 6 amide bonds. The van der Waals surface area contributed by atoms with E-state index in [-0.39, 0.29) is 28.9 Å². The van der Waals surface area contributed by atoms with Crippen molar-refractivity contribution >= 4 is 51.1 Å². The van der Waals surface area contributed by atoms with Gasteiger partial charge in [-0.15, -0.1) is 0 Å². The summed E-state index contributed by atoms with van der Waals surface area (Å²) in [5.74, 6) is -2.23. The summed E-state index contributed by atoms with van der Waals surface area (Å²) in [5, 5.41) is 8.21. The van der Waals surface area contributed by atoms with Crippen molar-refractivity contribution in [2.24, 2.45) is 0 Å². The van der Waals surface area contributed by atoms with Gasteiger partial charge in [-0.05, 0) is 110 Å². The Morgan fingerprint density at radius 2 is 1.56 bits per heavy atom. The van der Waals surface area contributed by atoms with Gasteiger partial charge in [0.15, 0.2) is 0 Å². The van der Waals surface area contributed by atoms with Crippen LogP contribution in [0.3, 0.4) is 0 Å². The Bertz CT molecular complexity index is 2090. The molecule has 3 aromatic rings. The number of nitrogens with zero attached hydrogens (tertiary/aromatic N) is 1. The normalized spacial score (nSPS) is 17.6. The third-order valence-corrected chi connectivity index (χ3v) is 11.6. The van der Waals surface area contributed by atoms with Crippen LogP contribution < -0.4 is 20.7 Å². The quantitative estimate of drug-likeness (QED) is 0.132. The number of hydrogen-bond acceptors (Lipinski definition) is 10. The highest BCUT2D eigenvalue weighted by Gasteiger charge is 2.45. The molecule has 4 aliphatic rings. The second-order valence-corrected chi connectivity index (χ2v) is 15.6. The van der Waals surface area contributed by atoms with Gasteiger partial charge in [-0.2, -0.15) is 0 Å². The van der Waals surface area contributed by atoms with Crippen LogP contribution in [-0.2, 0) is 61.2 Å². The zero-order valence-electron chi connectivity index (χ0n) is 29.8. The number of ether oxygens (including phenoxy) is 2. The Morgan fingerprint density at radius 3 is 2.30 bits per heavy atom. The first-order valence-corrected chi connectivity index (χ1v) is 19.9. The highest BCUT2D eigenvalue weighted by Crippen LogP contribution is 2.38. The zero-order valence-corrected chi connectivity index (χ0v) is 30.6. The third kappa shape index (κ3) is 7.88. The van der Waals surface area contributed by atoms with E-state index in [0.717, 1.165) is 65.8 Å². The Kier molecular flexibility index (Phi) is 11.1. The molecule has 2 heterocycles. The monoisotopic (exact) mass is 757 g/mol. The predicted octanol–water partition coefficient (Wildman–Crippen LogP) is 3.65. The molecule has 0 spiro atoms. The summed E-state index contributed by atoms with van der Waals surface area (Å²) in [4.78, 5) is 64.1. The highest BCUT2D eigenvalue weighted by molar-refractivity contribution is 7.90. The van der Waals surface area contributed by atoms with Crippen molar-refractivity contribution in [1.29, 1.82) is 0 Å². The number of nitrogens with one attached hydrogen (secondary N) is 4. The second kappa shape index (κ2) is 16.1. The second-order valence-electron chi connectivity index (χ2n) is 13.9. The number of sulfonamides is 1. The summed E-state index contributed by atoms with van der Waals surface area (Å²) in [7, 11) is -4.09. The van der Waals surface area contributed by atoms with Crippen LogP contribution in [0, 0.1) is 0 Å². The predicted molar refractivity (Wildman–Crippen MR) is 198 cm³/mol. The SMILES string of the molecule is O=C1CCC(N2C(=O)c3cccc(NCCOCCOCCCc4cccc(S(=O)(=O)NC(=O)Nc5c6c(cc7c5CCC7)CCC6)c4)c3C2=O)C(=O)N1. The van der Waals surface area contributed by atoms with Crippen molar-refractivity contribution < 1.29 is 41.9 Å². The van der Waals surface area contributed by atoms with Gasteiger partial charge in [0.25, 0.3) is 21.8 Å². The molecule has 54 heavy (non-hydrogen) atoms. The van der Waals surface area contributed by atoms with E-state index in [4.69, 9.17) is 9.47 Å². The number of piperidine rings is 1. The molecule has 3 aromatic carbocycles. The van der Waals surface area contributed by atoms with Crippen molar-refractivity contribution in [2.75, 3.05) is 43.6 Å². The molecule has 284 valence electrons. The van der Waals surface area contributed by atoms with Crippen LogP contribution in [0.2, 0.25) is 0 Å². The molecule has 1 atom stereocenters. The van der Waals surface area contributed by atoms with Crippen molar-refractivity contribution in [3.63, 3.8) is 0 Å². The average Bonchev–Trinajstić information content (AvgIpc) is 3.88.